The Balaban J connectivity index is 0.00000200. The minimum Gasteiger partial charge on any atom is -0.339 e. The highest BCUT2D eigenvalue weighted by atomic mass is 35.5. The number of carbonyl (C=O) groups excluding carboxylic acids is 1. The molecule has 2 rings (SSSR count). The first-order valence-corrected chi connectivity index (χ1v) is 7.82. The molecule has 0 aromatic rings. The van der Waals surface area contributed by atoms with Crippen molar-refractivity contribution in [3.63, 3.8) is 0 Å². The molecule has 2 aliphatic rings. The van der Waals surface area contributed by atoms with Gasteiger partial charge in [0.15, 0.2) is 0 Å². The van der Waals surface area contributed by atoms with Crippen LogP contribution in [0.4, 0.5) is 0 Å². The van der Waals surface area contributed by atoms with Gasteiger partial charge in [0, 0.05) is 32.7 Å². The first-order chi connectivity index (χ1) is 9.15. The van der Waals surface area contributed by atoms with Gasteiger partial charge in [0.2, 0.25) is 5.91 Å². The van der Waals surface area contributed by atoms with Gasteiger partial charge < -0.3 is 10.2 Å². The van der Waals surface area contributed by atoms with E-state index in [1.807, 2.05) is 4.90 Å². The summed E-state index contributed by atoms with van der Waals surface area (Å²) in [6.45, 7) is 7.65. The van der Waals surface area contributed by atoms with Crippen LogP contribution in [-0.4, -0.2) is 62.0 Å². The molecule has 0 radical (unpaired) electrons. The summed E-state index contributed by atoms with van der Waals surface area (Å²) in [5, 5.41) is 3.29. The third-order valence-electron chi connectivity index (χ3n) is 4.58. The molecular formula is C15H30ClN3O. The summed E-state index contributed by atoms with van der Waals surface area (Å²) in [4.78, 5) is 16.4. The predicted molar refractivity (Wildman–Crippen MR) is 85.3 cm³/mol. The first kappa shape index (κ1) is 17.7. The summed E-state index contributed by atoms with van der Waals surface area (Å²) in [5.74, 6) is 2.01. The first-order valence-electron chi connectivity index (χ1n) is 7.82. The predicted octanol–water partition coefficient (Wildman–Crippen LogP) is 1.60. The number of nitrogens with one attached hydrogen (secondary N) is 1. The maximum Gasteiger partial charge on any atom is 0.236 e. The van der Waals surface area contributed by atoms with Crippen molar-refractivity contribution in [1.82, 2.24) is 15.1 Å². The van der Waals surface area contributed by atoms with Crippen LogP contribution in [0.15, 0.2) is 0 Å². The average molecular weight is 304 g/mol. The molecule has 0 aromatic heterocycles. The lowest BCUT2D eigenvalue weighted by atomic mass is 9.83. The van der Waals surface area contributed by atoms with Crippen LogP contribution in [0.1, 0.15) is 32.6 Å². The van der Waals surface area contributed by atoms with Gasteiger partial charge in [-0.15, -0.1) is 12.4 Å². The molecule has 1 saturated carbocycles. The molecule has 1 amide bonds. The molecule has 20 heavy (non-hydrogen) atoms. The lowest BCUT2D eigenvalue weighted by molar-refractivity contribution is -0.132. The van der Waals surface area contributed by atoms with Crippen molar-refractivity contribution in [3.8, 4) is 0 Å². The van der Waals surface area contributed by atoms with E-state index >= 15 is 0 Å². The van der Waals surface area contributed by atoms with E-state index in [0.29, 0.717) is 12.5 Å². The molecule has 4 nitrogen and oxygen atoms in total. The monoisotopic (exact) mass is 303 g/mol. The molecule has 1 N–H and O–H groups in total. The van der Waals surface area contributed by atoms with Crippen LogP contribution in [0.2, 0.25) is 0 Å². The zero-order valence-corrected chi connectivity index (χ0v) is 13.8. The van der Waals surface area contributed by atoms with E-state index in [2.05, 4.69) is 24.2 Å². The third-order valence-corrected chi connectivity index (χ3v) is 4.58. The van der Waals surface area contributed by atoms with Gasteiger partial charge in [-0.25, -0.2) is 0 Å². The van der Waals surface area contributed by atoms with E-state index < -0.39 is 0 Å². The number of carbonyl (C=O) groups is 1. The SMILES string of the molecule is CC1CCC(CN(C)CC(=O)N2CCNCC2)CC1.Cl. The minimum absolute atomic E-state index is 0. The van der Waals surface area contributed by atoms with Crippen LogP contribution in [0, 0.1) is 11.8 Å². The summed E-state index contributed by atoms with van der Waals surface area (Å²) >= 11 is 0. The molecule has 0 spiro atoms. The summed E-state index contributed by atoms with van der Waals surface area (Å²) in [6.07, 6.45) is 5.41. The number of hydrogen-bond acceptors (Lipinski definition) is 3. The molecule has 0 aromatic carbocycles. The summed E-state index contributed by atoms with van der Waals surface area (Å²) in [6, 6.07) is 0. The smallest absolute Gasteiger partial charge is 0.236 e. The molecule has 1 saturated heterocycles. The Hall–Kier alpha value is -0.320. The zero-order valence-electron chi connectivity index (χ0n) is 12.9. The fraction of sp³-hybridized carbons (Fsp3) is 0.933. The number of likely N-dealkylation sites (N-methyl/N-ethyl adjacent to an activating group) is 1. The molecule has 5 heteroatoms. The Morgan fingerprint density at radius 1 is 1.20 bits per heavy atom. The van der Waals surface area contributed by atoms with Crippen molar-refractivity contribution >= 4 is 18.3 Å². The minimum atomic E-state index is 0. The number of halogens is 1. The van der Waals surface area contributed by atoms with Crippen molar-refractivity contribution in [1.29, 1.82) is 0 Å². The quantitative estimate of drug-likeness (QED) is 0.857. The molecular weight excluding hydrogens is 274 g/mol. The van der Waals surface area contributed by atoms with Crippen LogP contribution in [0.3, 0.4) is 0 Å². The number of rotatable bonds is 4. The van der Waals surface area contributed by atoms with Gasteiger partial charge in [-0.3, -0.25) is 9.69 Å². The van der Waals surface area contributed by atoms with Crippen LogP contribution in [0.25, 0.3) is 0 Å². The number of hydrogen-bond donors (Lipinski definition) is 1. The number of amides is 1. The molecule has 1 aliphatic carbocycles. The maximum absolute atomic E-state index is 12.2. The van der Waals surface area contributed by atoms with Crippen LogP contribution < -0.4 is 5.32 Å². The Bertz CT molecular complexity index is 287. The van der Waals surface area contributed by atoms with Crippen molar-refractivity contribution in [2.24, 2.45) is 11.8 Å². The van der Waals surface area contributed by atoms with Crippen molar-refractivity contribution in [2.45, 2.75) is 32.6 Å². The fourth-order valence-electron chi connectivity index (χ4n) is 3.26. The maximum atomic E-state index is 12.2. The van der Waals surface area contributed by atoms with E-state index in [9.17, 15) is 4.79 Å². The lowest BCUT2D eigenvalue weighted by Gasteiger charge is -2.32. The van der Waals surface area contributed by atoms with Gasteiger partial charge in [-0.1, -0.05) is 19.8 Å². The molecule has 118 valence electrons. The van der Waals surface area contributed by atoms with Crippen molar-refractivity contribution < 1.29 is 4.79 Å². The summed E-state index contributed by atoms with van der Waals surface area (Å²) in [7, 11) is 2.10. The van der Waals surface area contributed by atoms with E-state index in [1.54, 1.807) is 0 Å². The number of nitrogens with zero attached hydrogens (tertiary/aromatic N) is 2. The van der Waals surface area contributed by atoms with Gasteiger partial charge in [0.25, 0.3) is 0 Å². The van der Waals surface area contributed by atoms with E-state index in [0.717, 1.165) is 44.6 Å². The molecule has 0 bridgehead atoms. The second-order valence-corrected chi connectivity index (χ2v) is 6.45. The lowest BCUT2D eigenvalue weighted by Crippen LogP contribution is -2.49. The van der Waals surface area contributed by atoms with Crippen molar-refractivity contribution in [2.75, 3.05) is 46.3 Å². The molecule has 1 heterocycles. The van der Waals surface area contributed by atoms with Gasteiger partial charge in [0.1, 0.15) is 0 Å². The Morgan fingerprint density at radius 3 is 2.40 bits per heavy atom. The van der Waals surface area contributed by atoms with Crippen LogP contribution >= 0.6 is 12.4 Å². The van der Waals surface area contributed by atoms with Crippen molar-refractivity contribution in [3.05, 3.63) is 0 Å². The van der Waals surface area contributed by atoms with Gasteiger partial charge in [0.05, 0.1) is 6.54 Å². The largest absolute Gasteiger partial charge is 0.339 e. The van der Waals surface area contributed by atoms with E-state index in [1.165, 1.54) is 25.7 Å². The van der Waals surface area contributed by atoms with Gasteiger partial charge >= 0.3 is 0 Å². The van der Waals surface area contributed by atoms with E-state index in [4.69, 9.17) is 0 Å². The molecule has 0 atom stereocenters. The average Bonchev–Trinajstić information content (AvgIpc) is 2.42. The fourth-order valence-corrected chi connectivity index (χ4v) is 3.26. The highest BCUT2D eigenvalue weighted by molar-refractivity contribution is 5.85. The molecule has 2 fully saturated rings. The highest BCUT2D eigenvalue weighted by Crippen LogP contribution is 2.28. The number of piperazine rings is 1. The summed E-state index contributed by atoms with van der Waals surface area (Å²) < 4.78 is 0. The standard InChI is InChI=1S/C15H29N3O.ClH/c1-13-3-5-14(6-4-13)11-17(2)12-15(19)18-9-7-16-8-10-18;/h13-14,16H,3-12H2,1-2H3;1H. The second-order valence-electron chi connectivity index (χ2n) is 6.45. The van der Waals surface area contributed by atoms with Crippen LogP contribution in [0.5, 0.6) is 0 Å². The second kappa shape index (κ2) is 8.85. The Morgan fingerprint density at radius 2 is 1.80 bits per heavy atom. The third kappa shape index (κ3) is 5.58. The molecule has 0 unspecified atom stereocenters. The zero-order chi connectivity index (χ0) is 13.7. The Kier molecular flexibility index (Phi) is 7.85. The summed E-state index contributed by atoms with van der Waals surface area (Å²) in [5.41, 5.74) is 0. The van der Waals surface area contributed by atoms with Gasteiger partial charge in [-0.05, 0) is 31.7 Å². The van der Waals surface area contributed by atoms with E-state index in [-0.39, 0.29) is 12.4 Å². The molecule has 1 aliphatic heterocycles. The normalized spacial score (nSPS) is 27.2. The van der Waals surface area contributed by atoms with Crippen LogP contribution in [-0.2, 0) is 4.79 Å². The Labute approximate surface area is 129 Å². The highest BCUT2D eigenvalue weighted by Gasteiger charge is 2.22. The topological polar surface area (TPSA) is 35.6 Å². The van der Waals surface area contributed by atoms with Gasteiger partial charge in [-0.2, -0.15) is 0 Å².